The van der Waals surface area contributed by atoms with Crippen molar-refractivity contribution in [3.8, 4) is 0 Å². The fraction of sp³-hybridized carbons (Fsp3) is 0.250. The van der Waals surface area contributed by atoms with E-state index in [4.69, 9.17) is 0 Å². The van der Waals surface area contributed by atoms with Crippen LogP contribution in [0.15, 0.2) is 59.7 Å². The number of quaternary nitrogens is 1. The van der Waals surface area contributed by atoms with E-state index in [2.05, 4.69) is 36.5 Å². The standard InChI is InChI=1S/C20H22N4O2/c1-23(2)12-16-9-7-15(8-10-16)11-21-19(25)13-24-14-22-18-6-4-3-5-17(18)20(24)26/h3-10,14H,11-13H2,1-2H3,(H,21,25)/p+1. The van der Waals surface area contributed by atoms with Crippen LogP contribution in [0.2, 0.25) is 0 Å². The number of para-hydroxylation sites is 1. The zero-order chi connectivity index (χ0) is 18.5. The molecular formula is C20H23N4O2+. The molecule has 0 atom stereocenters. The fourth-order valence-corrected chi connectivity index (χ4v) is 2.81. The molecule has 6 nitrogen and oxygen atoms in total. The lowest BCUT2D eigenvalue weighted by molar-refractivity contribution is -0.872. The number of amides is 1. The highest BCUT2D eigenvalue weighted by Gasteiger charge is 2.08. The first-order valence-electron chi connectivity index (χ1n) is 8.60. The molecule has 0 fully saturated rings. The SMILES string of the molecule is C[NH+](C)Cc1ccc(CNC(=O)Cn2cnc3ccccc3c2=O)cc1. The average Bonchev–Trinajstić information content (AvgIpc) is 2.63. The van der Waals surface area contributed by atoms with Crippen molar-refractivity contribution >= 4 is 16.8 Å². The summed E-state index contributed by atoms with van der Waals surface area (Å²) in [6, 6.07) is 15.3. The Kier molecular flexibility index (Phi) is 5.43. The number of benzene rings is 2. The van der Waals surface area contributed by atoms with E-state index in [9.17, 15) is 9.59 Å². The molecule has 0 bridgehead atoms. The molecular weight excluding hydrogens is 328 g/mol. The van der Waals surface area contributed by atoms with Crippen LogP contribution in [0.3, 0.4) is 0 Å². The summed E-state index contributed by atoms with van der Waals surface area (Å²) in [4.78, 5) is 30.2. The summed E-state index contributed by atoms with van der Waals surface area (Å²) >= 11 is 0. The number of carbonyl (C=O) groups excluding carboxylic acids is 1. The lowest BCUT2D eigenvalue weighted by Gasteiger charge is -2.10. The van der Waals surface area contributed by atoms with E-state index in [1.165, 1.54) is 21.4 Å². The van der Waals surface area contributed by atoms with Gasteiger partial charge in [0.05, 0.1) is 31.3 Å². The Morgan fingerprint density at radius 2 is 1.77 bits per heavy atom. The maximum absolute atomic E-state index is 12.4. The molecule has 1 aromatic heterocycles. The summed E-state index contributed by atoms with van der Waals surface area (Å²) in [5.41, 5.74) is 2.71. The van der Waals surface area contributed by atoms with Gasteiger partial charge in [-0.05, 0) is 17.7 Å². The van der Waals surface area contributed by atoms with Crippen molar-refractivity contribution in [2.45, 2.75) is 19.6 Å². The number of fused-ring (bicyclic) bond motifs is 1. The number of rotatable bonds is 6. The van der Waals surface area contributed by atoms with Gasteiger partial charge in [0.25, 0.3) is 5.56 Å². The van der Waals surface area contributed by atoms with E-state index in [0.29, 0.717) is 17.4 Å². The topological polar surface area (TPSA) is 68.4 Å². The molecule has 26 heavy (non-hydrogen) atoms. The first kappa shape index (κ1) is 17.8. The number of carbonyl (C=O) groups is 1. The lowest BCUT2D eigenvalue weighted by atomic mass is 10.1. The number of nitrogens with one attached hydrogen (secondary N) is 2. The zero-order valence-corrected chi connectivity index (χ0v) is 15.0. The van der Waals surface area contributed by atoms with Gasteiger partial charge in [-0.2, -0.15) is 0 Å². The summed E-state index contributed by atoms with van der Waals surface area (Å²) in [7, 11) is 4.22. The monoisotopic (exact) mass is 351 g/mol. The molecule has 134 valence electrons. The van der Waals surface area contributed by atoms with E-state index in [1.807, 2.05) is 18.2 Å². The number of aromatic nitrogens is 2. The van der Waals surface area contributed by atoms with Crippen molar-refractivity contribution in [2.24, 2.45) is 0 Å². The molecule has 1 amide bonds. The van der Waals surface area contributed by atoms with E-state index in [1.54, 1.807) is 18.2 Å². The van der Waals surface area contributed by atoms with Crippen molar-refractivity contribution in [3.05, 3.63) is 76.3 Å². The maximum atomic E-state index is 12.4. The highest BCUT2D eigenvalue weighted by atomic mass is 16.2. The van der Waals surface area contributed by atoms with E-state index in [0.717, 1.165) is 12.1 Å². The van der Waals surface area contributed by atoms with Crippen LogP contribution in [-0.2, 0) is 24.4 Å². The quantitative estimate of drug-likeness (QED) is 0.674. The van der Waals surface area contributed by atoms with Gasteiger partial charge in [0, 0.05) is 12.1 Å². The third-order valence-corrected chi connectivity index (χ3v) is 4.12. The summed E-state index contributed by atoms with van der Waals surface area (Å²) in [6.07, 6.45) is 1.42. The Hall–Kier alpha value is -2.99. The molecule has 1 heterocycles. The zero-order valence-electron chi connectivity index (χ0n) is 15.0. The average molecular weight is 351 g/mol. The second-order valence-electron chi connectivity index (χ2n) is 6.67. The molecule has 3 aromatic rings. The Labute approximate surface area is 152 Å². The molecule has 2 aromatic carbocycles. The van der Waals surface area contributed by atoms with Crippen molar-refractivity contribution < 1.29 is 9.69 Å². The van der Waals surface area contributed by atoms with Crippen LogP contribution >= 0.6 is 0 Å². The molecule has 0 saturated carbocycles. The van der Waals surface area contributed by atoms with Gasteiger partial charge in [-0.25, -0.2) is 4.98 Å². The van der Waals surface area contributed by atoms with Crippen molar-refractivity contribution in [3.63, 3.8) is 0 Å². The van der Waals surface area contributed by atoms with E-state index in [-0.39, 0.29) is 18.0 Å². The number of hydrogen-bond donors (Lipinski definition) is 2. The van der Waals surface area contributed by atoms with Gasteiger partial charge in [-0.3, -0.25) is 14.2 Å². The minimum absolute atomic E-state index is 0.0429. The van der Waals surface area contributed by atoms with E-state index >= 15 is 0 Å². The maximum Gasteiger partial charge on any atom is 0.261 e. The normalized spacial score (nSPS) is 11.0. The van der Waals surface area contributed by atoms with Crippen LogP contribution in [0.1, 0.15) is 11.1 Å². The predicted octanol–water partition coefficient (Wildman–Crippen LogP) is 0.357. The Balaban J connectivity index is 1.61. The third-order valence-electron chi connectivity index (χ3n) is 4.12. The van der Waals surface area contributed by atoms with Crippen LogP contribution < -0.4 is 15.8 Å². The number of hydrogen-bond acceptors (Lipinski definition) is 3. The molecule has 0 aliphatic rings. The molecule has 0 saturated heterocycles. The highest BCUT2D eigenvalue weighted by molar-refractivity contribution is 5.78. The van der Waals surface area contributed by atoms with Gasteiger partial charge < -0.3 is 10.2 Å². The van der Waals surface area contributed by atoms with Crippen LogP contribution in [0.4, 0.5) is 0 Å². The molecule has 0 radical (unpaired) electrons. The van der Waals surface area contributed by atoms with Crippen molar-refractivity contribution in [1.82, 2.24) is 14.9 Å². The van der Waals surface area contributed by atoms with Crippen LogP contribution in [0.25, 0.3) is 10.9 Å². The largest absolute Gasteiger partial charge is 0.350 e. The summed E-state index contributed by atoms with van der Waals surface area (Å²) in [5.74, 6) is -0.217. The van der Waals surface area contributed by atoms with Crippen LogP contribution in [0.5, 0.6) is 0 Å². The molecule has 0 aliphatic carbocycles. The molecule has 6 heteroatoms. The van der Waals surface area contributed by atoms with Crippen molar-refractivity contribution in [1.29, 1.82) is 0 Å². The molecule has 0 aliphatic heterocycles. The summed E-state index contributed by atoms with van der Waals surface area (Å²) in [5, 5.41) is 3.37. The second kappa shape index (κ2) is 7.93. The minimum Gasteiger partial charge on any atom is -0.350 e. The van der Waals surface area contributed by atoms with Crippen LogP contribution in [0, 0.1) is 0 Å². The number of nitrogens with zero attached hydrogens (tertiary/aromatic N) is 2. The lowest BCUT2D eigenvalue weighted by Crippen LogP contribution is -3.04. The molecule has 0 spiro atoms. The Bertz CT molecular complexity index is 961. The van der Waals surface area contributed by atoms with Gasteiger partial charge in [0.2, 0.25) is 5.91 Å². The first-order valence-corrected chi connectivity index (χ1v) is 8.60. The smallest absolute Gasteiger partial charge is 0.261 e. The second-order valence-corrected chi connectivity index (χ2v) is 6.67. The Morgan fingerprint density at radius 1 is 1.08 bits per heavy atom. The molecule has 3 rings (SSSR count). The summed E-state index contributed by atoms with van der Waals surface area (Å²) in [6.45, 7) is 1.35. The fourth-order valence-electron chi connectivity index (χ4n) is 2.81. The highest BCUT2D eigenvalue weighted by Crippen LogP contribution is 2.05. The predicted molar refractivity (Wildman–Crippen MR) is 101 cm³/mol. The van der Waals surface area contributed by atoms with Gasteiger partial charge in [0.1, 0.15) is 13.1 Å². The summed E-state index contributed by atoms with van der Waals surface area (Å²) < 4.78 is 1.33. The third kappa shape index (κ3) is 4.34. The van der Waals surface area contributed by atoms with Crippen molar-refractivity contribution in [2.75, 3.05) is 14.1 Å². The van der Waals surface area contributed by atoms with Gasteiger partial charge in [-0.1, -0.05) is 36.4 Å². The van der Waals surface area contributed by atoms with Gasteiger partial charge in [0.15, 0.2) is 0 Å². The molecule has 2 N–H and O–H groups in total. The van der Waals surface area contributed by atoms with Gasteiger partial charge >= 0.3 is 0 Å². The first-order chi connectivity index (χ1) is 12.5. The Morgan fingerprint density at radius 3 is 2.50 bits per heavy atom. The van der Waals surface area contributed by atoms with Gasteiger partial charge in [-0.15, -0.1) is 0 Å². The van der Waals surface area contributed by atoms with E-state index < -0.39 is 0 Å². The van der Waals surface area contributed by atoms with Crippen LogP contribution in [-0.4, -0.2) is 29.6 Å². The molecule has 0 unspecified atom stereocenters. The minimum atomic E-state index is -0.217.